The number of aryl methyl sites for hydroxylation is 1. The van der Waals surface area contributed by atoms with Gasteiger partial charge in [0.25, 0.3) is 5.91 Å². The van der Waals surface area contributed by atoms with Crippen LogP contribution in [0.15, 0.2) is 35.2 Å². The van der Waals surface area contributed by atoms with Gasteiger partial charge in [-0.25, -0.2) is 18.1 Å². The lowest BCUT2D eigenvalue weighted by atomic mass is 9.90. The molecule has 0 atom stereocenters. The van der Waals surface area contributed by atoms with Crippen molar-refractivity contribution in [3.05, 3.63) is 41.7 Å². The number of carbonyl (C=O) groups is 1. The van der Waals surface area contributed by atoms with Crippen molar-refractivity contribution < 1.29 is 23.4 Å². The van der Waals surface area contributed by atoms with Gasteiger partial charge < -0.3 is 15.9 Å². The number of nitrogens with zero attached hydrogens (tertiary/aromatic N) is 2. The summed E-state index contributed by atoms with van der Waals surface area (Å²) in [7, 11) is -4.01. The molecule has 0 radical (unpaired) electrons. The molecule has 1 amide bonds. The molecule has 1 saturated carbocycles. The molecule has 1 fully saturated rings. The number of carbonyl (C=O) groups excluding carboxylic acids is 1. The Morgan fingerprint density at radius 2 is 1.85 bits per heavy atom. The number of rotatable bonds is 7. The van der Waals surface area contributed by atoms with Gasteiger partial charge in [-0.1, -0.05) is 31.4 Å². The molecule has 0 saturated heterocycles. The molecular formula is C23H27N5O5S. The van der Waals surface area contributed by atoms with E-state index < -0.39 is 21.7 Å². The number of H-pyrrole nitrogens is 1. The van der Waals surface area contributed by atoms with Gasteiger partial charge in [-0.05, 0) is 48.9 Å². The molecule has 34 heavy (non-hydrogen) atoms. The molecule has 0 bridgehead atoms. The van der Waals surface area contributed by atoms with Gasteiger partial charge in [0.1, 0.15) is 16.4 Å². The number of sulfonamides is 1. The maximum Gasteiger partial charge on any atom is 0.286 e. The summed E-state index contributed by atoms with van der Waals surface area (Å²) in [6.45, 7) is 2.10. The molecule has 6 N–H and O–H groups in total. The van der Waals surface area contributed by atoms with Gasteiger partial charge >= 0.3 is 0 Å². The van der Waals surface area contributed by atoms with Crippen molar-refractivity contribution in [2.45, 2.75) is 43.9 Å². The van der Waals surface area contributed by atoms with Crippen LogP contribution in [0.2, 0.25) is 0 Å². The summed E-state index contributed by atoms with van der Waals surface area (Å²) in [4.78, 5) is 15.1. The zero-order valence-electron chi connectivity index (χ0n) is 18.7. The fourth-order valence-electron chi connectivity index (χ4n) is 4.24. The maximum absolute atomic E-state index is 13.0. The third-order valence-electron chi connectivity index (χ3n) is 6.16. The standard InChI is InChI=1S/C23H27N5O5S/c1-13-7-8-15(22-26-23(21(24)31)28-27-22)9-16(13)17-10-20(19(30)11-18(17)29)34(32,33)25-12-14-5-3-2-4-6-14/h7-11,14,25,29-30H,2-6,12H2,1H3,(H2,24,31)(H,26,27,28). The summed E-state index contributed by atoms with van der Waals surface area (Å²) < 4.78 is 28.6. The summed E-state index contributed by atoms with van der Waals surface area (Å²) in [5.41, 5.74) is 7.23. The second-order valence-corrected chi connectivity index (χ2v) is 10.3. The molecule has 11 heteroatoms. The fourth-order valence-corrected chi connectivity index (χ4v) is 5.46. The van der Waals surface area contributed by atoms with E-state index in [1.807, 2.05) is 0 Å². The summed E-state index contributed by atoms with van der Waals surface area (Å²) in [5, 5.41) is 27.4. The van der Waals surface area contributed by atoms with E-state index >= 15 is 0 Å². The second-order valence-electron chi connectivity index (χ2n) is 8.59. The van der Waals surface area contributed by atoms with Crippen molar-refractivity contribution in [2.24, 2.45) is 11.7 Å². The van der Waals surface area contributed by atoms with Crippen LogP contribution in [-0.2, 0) is 10.0 Å². The molecule has 0 aliphatic heterocycles. The van der Waals surface area contributed by atoms with E-state index in [0.717, 1.165) is 37.3 Å². The number of benzene rings is 2. The van der Waals surface area contributed by atoms with Crippen molar-refractivity contribution in [3.63, 3.8) is 0 Å². The average Bonchev–Trinajstić information content (AvgIpc) is 3.30. The second kappa shape index (κ2) is 9.43. The van der Waals surface area contributed by atoms with Crippen LogP contribution in [0, 0.1) is 12.8 Å². The van der Waals surface area contributed by atoms with E-state index in [2.05, 4.69) is 19.9 Å². The first kappa shape index (κ1) is 23.7. The van der Waals surface area contributed by atoms with Gasteiger partial charge in [-0.3, -0.25) is 9.89 Å². The maximum atomic E-state index is 13.0. The third kappa shape index (κ3) is 4.90. The number of phenolic OH excluding ortho intramolecular Hbond substituents is 2. The molecule has 4 rings (SSSR count). The first-order valence-corrected chi connectivity index (χ1v) is 12.5. The van der Waals surface area contributed by atoms with E-state index in [1.165, 1.54) is 12.5 Å². The van der Waals surface area contributed by atoms with E-state index in [0.29, 0.717) is 17.7 Å². The highest BCUT2D eigenvalue weighted by Crippen LogP contribution is 2.39. The lowest BCUT2D eigenvalue weighted by molar-refractivity contribution is 0.0991. The molecule has 10 nitrogen and oxygen atoms in total. The number of hydrogen-bond donors (Lipinski definition) is 5. The summed E-state index contributed by atoms with van der Waals surface area (Å²) in [6, 6.07) is 7.43. The summed E-state index contributed by atoms with van der Waals surface area (Å²) >= 11 is 0. The summed E-state index contributed by atoms with van der Waals surface area (Å²) in [6.07, 6.45) is 5.28. The van der Waals surface area contributed by atoms with Gasteiger partial charge in [-0.2, -0.15) is 5.10 Å². The molecular weight excluding hydrogens is 458 g/mol. The number of phenols is 2. The highest BCUT2D eigenvalue weighted by Gasteiger charge is 2.24. The molecule has 180 valence electrons. The zero-order valence-corrected chi connectivity index (χ0v) is 19.5. The Bertz CT molecular complexity index is 1330. The van der Waals surface area contributed by atoms with Gasteiger partial charge in [0.05, 0.1) is 0 Å². The van der Waals surface area contributed by atoms with Crippen molar-refractivity contribution in [2.75, 3.05) is 6.54 Å². The first-order valence-electron chi connectivity index (χ1n) is 11.0. The third-order valence-corrected chi connectivity index (χ3v) is 7.61. The number of aromatic nitrogens is 3. The van der Waals surface area contributed by atoms with Crippen LogP contribution in [0.5, 0.6) is 11.5 Å². The van der Waals surface area contributed by atoms with E-state index in [4.69, 9.17) is 5.73 Å². The minimum absolute atomic E-state index is 0.0953. The average molecular weight is 486 g/mol. The predicted octanol–water partition coefficient (Wildman–Crippen LogP) is 2.82. The number of hydrogen-bond acceptors (Lipinski definition) is 7. The molecule has 1 aliphatic rings. The molecule has 0 spiro atoms. The molecule has 0 unspecified atom stereocenters. The van der Waals surface area contributed by atoms with Gasteiger partial charge in [-0.15, -0.1) is 0 Å². The van der Waals surface area contributed by atoms with Crippen LogP contribution in [0.3, 0.4) is 0 Å². The van der Waals surface area contributed by atoms with Crippen LogP contribution in [0.4, 0.5) is 0 Å². The lowest BCUT2D eigenvalue weighted by Gasteiger charge is -2.22. The SMILES string of the molecule is Cc1ccc(-c2n[nH]c(C(N)=O)n2)cc1-c1cc(S(=O)(=O)NCC2CCCCC2)c(O)cc1O. The number of amides is 1. The Labute approximate surface area is 197 Å². The van der Waals surface area contributed by atoms with E-state index in [-0.39, 0.29) is 33.8 Å². The van der Waals surface area contributed by atoms with Crippen molar-refractivity contribution in [1.29, 1.82) is 0 Å². The lowest BCUT2D eigenvalue weighted by Crippen LogP contribution is -2.30. The predicted molar refractivity (Wildman–Crippen MR) is 126 cm³/mol. The first-order chi connectivity index (χ1) is 16.2. The molecule has 1 heterocycles. The van der Waals surface area contributed by atoms with Crippen molar-refractivity contribution in [1.82, 2.24) is 19.9 Å². The molecule has 1 aromatic heterocycles. The summed E-state index contributed by atoms with van der Waals surface area (Å²) in [5.74, 6) is -1.17. The topological polar surface area (TPSA) is 171 Å². The van der Waals surface area contributed by atoms with Crippen LogP contribution in [0.1, 0.15) is 48.3 Å². The Morgan fingerprint density at radius 3 is 2.53 bits per heavy atom. The van der Waals surface area contributed by atoms with Crippen molar-refractivity contribution >= 4 is 15.9 Å². The Kier molecular flexibility index (Phi) is 6.58. The van der Waals surface area contributed by atoms with Gasteiger partial charge in [0, 0.05) is 23.7 Å². The normalized spacial score (nSPS) is 14.9. The highest BCUT2D eigenvalue weighted by atomic mass is 32.2. The minimum Gasteiger partial charge on any atom is -0.507 e. The molecule has 1 aliphatic carbocycles. The number of aromatic hydroxyl groups is 2. The van der Waals surface area contributed by atoms with Crippen LogP contribution < -0.4 is 10.5 Å². The quantitative estimate of drug-likeness (QED) is 0.342. The van der Waals surface area contributed by atoms with Gasteiger partial charge in [0.15, 0.2) is 5.82 Å². The highest BCUT2D eigenvalue weighted by molar-refractivity contribution is 7.89. The Balaban J connectivity index is 1.69. The van der Waals surface area contributed by atoms with Crippen LogP contribution >= 0.6 is 0 Å². The number of primary amides is 1. The van der Waals surface area contributed by atoms with E-state index in [1.54, 1.807) is 25.1 Å². The molecule has 2 aromatic carbocycles. The smallest absolute Gasteiger partial charge is 0.286 e. The number of aromatic amines is 1. The largest absolute Gasteiger partial charge is 0.507 e. The number of nitrogens with two attached hydrogens (primary N) is 1. The number of nitrogens with one attached hydrogen (secondary N) is 2. The van der Waals surface area contributed by atoms with Crippen LogP contribution in [0.25, 0.3) is 22.5 Å². The Hall–Kier alpha value is -3.44. The fraction of sp³-hybridized carbons (Fsp3) is 0.348. The molecule has 3 aromatic rings. The monoisotopic (exact) mass is 485 g/mol. The van der Waals surface area contributed by atoms with Crippen LogP contribution in [-0.4, -0.2) is 46.3 Å². The van der Waals surface area contributed by atoms with Crippen molar-refractivity contribution in [3.8, 4) is 34.0 Å². The zero-order chi connectivity index (χ0) is 24.5. The Morgan fingerprint density at radius 1 is 1.12 bits per heavy atom. The van der Waals surface area contributed by atoms with Gasteiger partial charge in [0.2, 0.25) is 15.8 Å². The van der Waals surface area contributed by atoms with E-state index in [9.17, 15) is 23.4 Å². The minimum atomic E-state index is -4.01.